The molecule has 1 aromatic rings. The fraction of sp³-hybridized carbons (Fsp3) is 0.538. The van der Waals surface area contributed by atoms with Crippen LogP contribution in [-0.4, -0.2) is 6.54 Å². The highest BCUT2D eigenvalue weighted by atomic mass is 35.5. The third-order valence-electron chi connectivity index (χ3n) is 2.19. The molecule has 2 N–H and O–H groups in total. The topological polar surface area (TPSA) is 26.0 Å². The Morgan fingerprint density at radius 2 is 1.75 bits per heavy atom. The lowest BCUT2D eigenvalue weighted by Gasteiger charge is -2.06. The highest BCUT2D eigenvalue weighted by Gasteiger charge is 2.03. The van der Waals surface area contributed by atoms with Crippen molar-refractivity contribution in [3.63, 3.8) is 0 Å². The van der Waals surface area contributed by atoms with E-state index in [0.717, 1.165) is 31.4 Å². The second kappa shape index (κ2) is 8.86. The molecular weight excluding hydrogens is 241 g/mol. The Morgan fingerprint density at radius 3 is 2.25 bits per heavy atom. The Bertz CT molecular complexity index is 288. The van der Waals surface area contributed by atoms with Gasteiger partial charge >= 0.3 is 0 Å². The summed E-state index contributed by atoms with van der Waals surface area (Å²) < 4.78 is 0. The molecule has 0 saturated heterocycles. The molecule has 0 unspecified atom stereocenters. The van der Waals surface area contributed by atoms with Crippen molar-refractivity contribution in [2.45, 2.75) is 40.0 Å². The molecule has 0 amide bonds. The van der Waals surface area contributed by atoms with Gasteiger partial charge < -0.3 is 5.73 Å². The fourth-order valence-electron chi connectivity index (χ4n) is 1.42. The standard InChI is InChI=1S/C11H15Cl2N.C2H6/c1-8-6-9(4-2-3-5-14)7-10(12)11(8)13;1-2/h6-7H,2-5,14H2,1H3;1-2H3. The molecule has 0 atom stereocenters. The molecule has 1 aromatic carbocycles. The fourth-order valence-corrected chi connectivity index (χ4v) is 1.81. The summed E-state index contributed by atoms with van der Waals surface area (Å²) >= 11 is 11.9. The monoisotopic (exact) mass is 261 g/mol. The third kappa shape index (κ3) is 5.20. The third-order valence-corrected chi connectivity index (χ3v) is 3.09. The lowest BCUT2D eigenvalue weighted by molar-refractivity contribution is 0.744. The van der Waals surface area contributed by atoms with Crippen LogP contribution in [0, 0.1) is 6.92 Å². The van der Waals surface area contributed by atoms with E-state index in [1.165, 1.54) is 5.56 Å². The maximum atomic E-state index is 5.98. The average Bonchev–Trinajstić information content (AvgIpc) is 2.29. The largest absolute Gasteiger partial charge is 0.330 e. The molecule has 0 saturated carbocycles. The Hall–Kier alpha value is -0.240. The summed E-state index contributed by atoms with van der Waals surface area (Å²) in [5.41, 5.74) is 7.71. The van der Waals surface area contributed by atoms with Crippen LogP contribution in [0.4, 0.5) is 0 Å². The molecule has 1 rings (SSSR count). The quantitative estimate of drug-likeness (QED) is 0.788. The summed E-state index contributed by atoms with van der Waals surface area (Å²) in [5.74, 6) is 0. The van der Waals surface area contributed by atoms with Crippen LogP contribution in [0.2, 0.25) is 10.0 Å². The minimum atomic E-state index is 0.648. The van der Waals surface area contributed by atoms with E-state index in [9.17, 15) is 0 Å². The maximum absolute atomic E-state index is 5.98. The van der Waals surface area contributed by atoms with E-state index >= 15 is 0 Å². The average molecular weight is 262 g/mol. The van der Waals surface area contributed by atoms with Gasteiger partial charge in [-0.15, -0.1) is 0 Å². The molecule has 92 valence electrons. The van der Waals surface area contributed by atoms with Crippen LogP contribution in [-0.2, 0) is 6.42 Å². The van der Waals surface area contributed by atoms with E-state index < -0.39 is 0 Å². The predicted octanol–water partition coefficient (Wildman–Crippen LogP) is 4.61. The minimum Gasteiger partial charge on any atom is -0.330 e. The van der Waals surface area contributed by atoms with E-state index in [1.54, 1.807) is 0 Å². The van der Waals surface area contributed by atoms with Crippen molar-refractivity contribution in [3.8, 4) is 0 Å². The van der Waals surface area contributed by atoms with E-state index in [2.05, 4.69) is 6.07 Å². The van der Waals surface area contributed by atoms with Crippen LogP contribution >= 0.6 is 23.2 Å². The van der Waals surface area contributed by atoms with E-state index in [4.69, 9.17) is 28.9 Å². The normalized spacial score (nSPS) is 9.62. The van der Waals surface area contributed by atoms with E-state index in [1.807, 2.05) is 26.8 Å². The molecule has 0 fully saturated rings. The van der Waals surface area contributed by atoms with Gasteiger partial charge in [-0.2, -0.15) is 0 Å². The van der Waals surface area contributed by atoms with Crippen LogP contribution in [0.1, 0.15) is 37.8 Å². The van der Waals surface area contributed by atoms with Crippen molar-refractivity contribution in [1.82, 2.24) is 0 Å². The molecular formula is C13H21Cl2N. The molecule has 0 bridgehead atoms. The van der Waals surface area contributed by atoms with Crippen molar-refractivity contribution >= 4 is 23.2 Å². The Labute approximate surface area is 109 Å². The summed E-state index contributed by atoms with van der Waals surface area (Å²) in [6, 6.07) is 4.03. The number of aryl methyl sites for hydroxylation is 2. The zero-order valence-corrected chi connectivity index (χ0v) is 11.8. The van der Waals surface area contributed by atoms with Crippen LogP contribution in [0.5, 0.6) is 0 Å². The van der Waals surface area contributed by atoms with Crippen molar-refractivity contribution in [3.05, 3.63) is 33.3 Å². The summed E-state index contributed by atoms with van der Waals surface area (Å²) in [7, 11) is 0. The van der Waals surface area contributed by atoms with Gasteiger partial charge in [0.1, 0.15) is 0 Å². The van der Waals surface area contributed by atoms with Gasteiger partial charge in [-0.1, -0.05) is 43.1 Å². The van der Waals surface area contributed by atoms with Gasteiger partial charge in [0.05, 0.1) is 10.0 Å². The number of nitrogens with two attached hydrogens (primary N) is 1. The first-order chi connectivity index (χ1) is 7.65. The van der Waals surface area contributed by atoms with Gasteiger partial charge in [-0.05, 0) is 49.9 Å². The predicted molar refractivity (Wildman–Crippen MR) is 74.5 cm³/mol. The van der Waals surface area contributed by atoms with Crippen LogP contribution < -0.4 is 5.73 Å². The van der Waals surface area contributed by atoms with Gasteiger partial charge in [0.15, 0.2) is 0 Å². The van der Waals surface area contributed by atoms with Crippen molar-refractivity contribution in [2.75, 3.05) is 6.54 Å². The number of benzene rings is 1. The second-order valence-corrected chi connectivity index (χ2v) is 4.24. The summed E-state index contributed by atoms with van der Waals surface area (Å²) in [4.78, 5) is 0. The molecule has 16 heavy (non-hydrogen) atoms. The molecule has 0 heterocycles. The van der Waals surface area contributed by atoms with Crippen LogP contribution in [0.15, 0.2) is 12.1 Å². The first-order valence-electron chi connectivity index (χ1n) is 5.79. The SMILES string of the molecule is CC.Cc1cc(CCCCN)cc(Cl)c1Cl. The summed E-state index contributed by atoms with van der Waals surface area (Å²) in [6.45, 7) is 6.72. The van der Waals surface area contributed by atoms with Crippen molar-refractivity contribution < 1.29 is 0 Å². The van der Waals surface area contributed by atoms with E-state index in [0.29, 0.717) is 10.0 Å². The smallest absolute Gasteiger partial charge is 0.0621 e. The van der Waals surface area contributed by atoms with Gasteiger partial charge in [0.2, 0.25) is 0 Å². The lowest BCUT2D eigenvalue weighted by atomic mass is 10.1. The molecule has 0 aliphatic carbocycles. The van der Waals surface area contributed by atoms with Crippen molar-refractivity contribution in [1.29, 1.82) is 0 Å². The number of unbranched alkanes of at least 4 members (excludes halogenated alkanes) is 1. The zero-order valence-electron chi connectivity index (χ0n) is 10.3. The minimum absolute atomic E-state index is 0.648. The molecule has 0 radical (unpaired) electrons. The number of hydrogen-bond donors (Lipinski definition) is 1. The lowest BCUT2D eigenvalue weighted by Crippen LogP contribution is -1.99. The first kappa shape index (κ1) is 15.8. The zero-order chi connectivity index (χ0) is 12.6. The van der Waals surface area contributed by atoms with Crippen LogP contribution in [0.3, 0.4) is 0 Å². The maximum Gasteiger partial charge on any atom is 0.0621 e. The second-order valence-electron chi connectivity index (χ2n) is 3.45. The molecule has 0 aliphatic heterocycles. The summed E-state index contributed by atoms with van der Waals surface area (Å²) in [5, 5.41) is 1.31. The van der Waals surface area contributed by atoms with Gasteiger partial charge in [0.25, 0.3) is 0 Å². The Kier molecular flexibility index (Phi) is 8.73. The van der Waals surface area contributed by atoms with Gasteiger partial charge in [-0.3, -0.25) is 0 Å². The Balaban J connectivity index is 0.00000106. The number of halogens is 2. The van der Waals surface area contributed by atoms with Gasteiger partial charge in [0, 0.05) is 0 Å². The Morgan fingerprint density at radius 1 is 1.12 bits per heavy atom. The summed E-state index contributed by atoms with van der Waals surface area (Å²) in [6.07, 6.45) is 3.18. The van der Waals surface area contributed by atoms with E-state index in [-0.39, 0.29) is 0 Å². The highest BCUT2D eigenvalue weighted by Crippen LogP contribution is 2.27. The first-order valence-corrected chi connectivity index (χ1v) is 6.55. The number of hydrogen-bond acceptors (Lipinski definition) is 1. The molecule has 0 aromatic heterocycles. The van der Waals surface area contributed by atoms with Gasteiger partial charge in [-0.25, -0.2) is 0 Å². The molecule has 1 nitrogen and oxygen atoms in total. The van der Waals surface area contributed by atoms with Crippen LogP contribution in [0.25, 0.3) is 0 Å². The molecule has 0 aliphatic rings. The molecule has 3 heteroatoms. The number of rotatable bonds is 4. The van der Waals surface area contributed by atoms with Crippen molar-refractivity contribution in [2.24, 2.45) is 5.73 Å². The molecule has 0 spiro atoms. The highest BCUT2D eigenvalue weighted by molar-refractivity contribution is 6.42.